The number of hydrogen-bond acceptors (Lipinski definition) is 4. The SMILES string of the molecule is COc1ccc(N2C[C@@H](C(=O)Nc3cccc(Cl)c3Cl)CC2=O)c(OC)c1. The largest absolute Gasteiger partial charge is 0.497 e. The number of anilines is 2. The molecule has 1 atom stereocenters. The summed E-state index contributed by atoms with van der Waals surface area (Å²) in [6.45, 7) is 0.242. The highest BCUT2D eigenvalue weighted by Gasteiger charge is 2.36. The van der Waals surface area contributed by atoms with Gasteiger partial charge in [0, 0.05) is 19.0 Å². The van der Waals surface area contributed by atoms with E-state index in [1.54, 1.807) is 48.4 Å². The lowest BCUT2D eigenvalue weighted by Crippen LogP contribution is -2.28. The minimum Gasteiger partial charge on any atom is -0.497 e. The maximum atomic E-state index is 12.6. The van der Waals surface area contributed by atoms with Crippen LogP contribution in [0, 0.1) is 5.92 Å². The lowest BCUT2D eigenvalue weighted by Gasteiger charge is -2.20. The Morgan fingerprint density at radius 3 is 2.67 bits per heavy atom. The minimum atomic E-state index is -0.514. The van der Waals surface area contributed by atoms with Crippen LogP contribution in [0.15, 0.2) is 36.4 Å². The van der Waals surface area contributed by atoms with E-state index in [1.165, 1.54) is 7.11 Å². The first-order valence-electron chi connectivity index (χ1n) is 8.22. The van der Waals surface area contributed by atoms with Gasteiger partial charge >= 0.3 is 0 Å². The van der Waals surface area contributed by atoms with Gasteiger partial charge in [-0.3, -0.25) is 9.59 Å². The minimum absolute atomic E-state index is 0.0964. The van der Waals surface area contributed by atoms with Gasteiger partial charge in [0.25, 0.3) is 0 Å². The highest BCUT2D eigenvalue weighted by molar-refractivity contribution is 6.44. The van der Waals surface area contributed by atoms with Crippen molar-refractivity contribution in [3.63, 3.8) is 0 Å². The molecule has 27 heavy (non-hydrogen) atoms. The van der Waals surface area contributed by atoms with E-state index in [-0.39, 0.29) is 29.8 Å². The molecule has 0 unspecified atom stereocenters. The normalized spacial score (nSPS) is 16.4. The van der Waals surface area contributed by atoms with Crippen molar-refractivity contribution >= 4 is 46.4 Å². The number of carbonyl (C=O) groups is 2. The van der Waals surface area contributed by atoms with Crippen LogP contribution in [0.1, 0.15) is 6.42 Å². The van der Waals surface area contributed by atoms with Crippen LogP contribution in [0.25, 0.3) is 0 Å². The number of rotatable bonds is 5. The van der Waals surface area contributed by atoms with Crippen molar-refractivity contribution < 1.29 is 19.1 Å². The lowest BCUT2D eigenvalue weighted by molar-refractivity contribution is -0.122. The van der Waals surface area contributed by atoms with Crippen molar-refractivity contribution in [3.8, 4) is 11.5 Å². The van der Waals surface area contributed by atoms with E-state index in [4.69, 9.17) is 32.7 Å². The molecule has 0 saturated carbocycles. The van der Waals surface area contributed by atoms with Crippen molar-refractivity contribution in [1.82, 2.24) is 0 Å². The molecule has 1 heterocycles. The summed E-state index contributed by atoms with van der Waals surface area (Å²) in [7, 11) is 3.07. The van der Waals surface area contributed by atoms with E-state index in [9.17, 15) is 9.59 Å². The van der Waals surface area contributed by atoms with Gasteiger partial charge in [0.2, 0.25) is 11.8 Å². The van der Waals surface area contributed by atoms with Gasteiger partial charge in [0.05, 0.1) is 41.6 Å². The topological polar surface area (TPSA) is 67.9 Å². The fourth-order valence-electron chi connectivity index (χ4n) is 2.96. The predicted octanol–water partition coefficient (Wildman–Crippen LogP) is 4.00. The van der Waals surface area contributed by atoms with Crippen LogP contribution in [0.5, 0.6) is 11.5 Å². The van der Waals surface area contributed by atoms with Gasteiger partial charge < -0.3 is 19.7 Å². The second-order valence-electron chi connectivity index (χ2n) is 6.03. The summed E-state index contributed by atoms with van der Waals surface area (Å²) < 4.78 is 10.5. The van der Waals surface area contributed by atoms with Crippen molar-refractivity contribution in [3.05, 3.63) is 46.4 Å². The number of methoxy groups -OCH3 is 2. The molecule has 6 nitrogen and oxygen atoms in total. The first kappa shape index (κ1) is 19.3. The molecule has 0 aromatic heterocycles. The van der Waals surface area contributed by atoms with Gasteiger partial charge in [-0.25, -0.2) is 0 Å². The standard InChI is InChI=1S/C19H18Cl2N2O4/c1-26-12-6-7-15(16(9-12)27-2)23-10-11(8-17(23)24)19(25)22-14-5-3-4-13(20)18(14)21/h3-7,9,11H,8,10H2,1-2H3,(H,22,25)/t11-/m0/s1. The number of halogens is 2. The molecular weight excluding hydrogens is 391 g/mol. The Balaban J connectivity index is 1.77. The molecule has 0 radical (unpaired) electrons. The van der Waals surface area contributed by atoms with Crippen molar-refractivity contribution in [2.24, 2.45) is 5.92 Å². The molecule has 0 aliphatic carbocycles. The number of nitrogens with zero attached hydrogens (tertiary/aromatic N) is 1. The van der Waals surface area contributed by atoms with Crippen LogP contribution in [-0.4, -0.2) is 32.6 Å². The summed E-state index contributed by atoms with van der Waals surface area (Å²) in [4.78, 5) is 26.7. The molecule has 0 spiro atoms. The monoisotopic (exact) mass is 408 g/mol. The second kappa shape index (κ2) is 8.06. The van der Waals surface area contributed by atoms with Crippen molar-refractivity contribution in [2.75, 3.05) is 31.0 Å². The third-order valence-electron chi connectivity index (χ3n) is 4.38. The maximum Gasteiger partial charge on any atom is 0.229 e. The van der Waals surface area contributed by atoms with Gasteiger partial charge in [0.1, 0.15) is 11.5 Å². The van der Waals surface area contributed by atoms with E-state index in [2.05, 4.69) is 5.32 Å². The van der Waals surface area contributed by atoms with E-state index < -0.39 is 5.92 Å². The van der Waals surface area contributed by atoms with Crippen LogP contribution in [0.4, 0.5) is 11.4 Å². The summed E-state index contributed by atoms with van der Waals surface area (Å²) in [5.74, 6) is 0.159. The van der Waals surface area contributed by atoms with E-state index in [0.717, 1.165) is 0 Å². The Kier molecular flexibility index (Phi) is 5.77. The summed E-state index contributed by atoms with van der Waals surface area (Å²) in [6, 6.07) is 10.2. The number of carbonyl (C=O) groups excluding carboxylic acids is 2. The number of ether oxygens (including phenoxy) is 2. The number of benzene rings is 2. The summed E-state index contributed by atoms with van der Waals surface area (Å²) in [5.41, 5.74) is 1.02. The van der Waals surface area contributed by atoms with Gasteiger partial charge in [-0.2, -0.15) is 0 Å². The quantitative estimate of drug-likeness (QED) is 0.811. The van der Waals surface area contributed by atoms with Crippen LogP contribution in [0.2, 0.25) is 10.0 Å². The summed E-state index contributed by atoms with van der Waals surface area (Å²) in [5, 5.41) is 3.36. The molecule has 142 valence electrons. The molecule has 1 fully saturated rings. The molecule has 2 aromatic rings. The first-order valence-corrected chi connectivity index (χ1v) is 8.97. The lowest BCUT2D eigenvalue weighted by atomic mass is 10.1. The fraction of sp³-hybridized carbons (Fsp3) is 0.263. The first-order chi connectivity index (χ1) is 12.9. The molecular formula is C19H18Cl2N2O4. The molecule has 0 bridgehead atoms. The summed E-state index contributed by atoms with van der Waals surface area (Å²) >= 11 is 12.1. The average Bonchev–Trinajstić information content (AvgIpc) is 3.06. The Bertz CT molecular complexity index is 888. The van der Waals surface area contributed by atoms with Crippen LogP contribution < -0.4 is 19.7 Å². The molecule has 2 amide bonds. The highest BCUT2D eigenvalue weighted by atomic mass is 35.5. The Labute approximate surface area is 167 Å². The highest BCUT2D eigenvalue weighted by Crippen LogP contribution is 2.36. The third-order valence-corrected chi connectivity index (χ3v) is 5.20. The number of nitrogens with one attached hydrogen (secondary N) is 1. The zero-order valence-corrected chi connectivity index (χ0v) is 16.3. The molecule has 3 rings (SSSR count). The average molecular weight is 409 g/mol. The van der Waals surface area contributed by atoms with E-state index in [1.807, 2.05) is 0 Å². The Morgan fingerprint density at radius 2 is 1.96 bits per heavy atom. The molecule has 1 saturated heterocycles. The van der Waals surface area contributed by atoms with Gasteiger partial charge in [0.15, 0.2) is 0 Å². The van der Waals surface area contributed by atoms with Gasteiger partial charge in [-0.05, 0) is 24.3 Å². The zero-order chi connectivity index (χ0) is 19.6. The maximum absolute atomic E-state index is 12.6. The smallest absolute Gasteiger partial charge is 0.229 e. The number of hydrogen-bond donors (Lipinski definition) is 1. The summed E-state index contributed by atoms with van der Waals surface area (Å²) in [6.07, 6.45) is 0.0964. The van der Waals surface area contributed by atoms with Gasteiger partial charge in [-0.1, -0.05) is 29.3 Å². The van der Waals surface area contributed by atoms with Crippen LogP contribution in [0.3, 0.4) is 0 Å². The van der Waals surface area contributed by atoms with E-state index >= 15 is 0 Å². The van der Waals surface area contributed by atoms with E-state index in [0.29, 0.717) is 27.9 Å². The Hall–Kier alpha value is -2.44. The van der Waals surface area contributed by atoms with Crippen LogP contribution >= 0.6 is 23.2 Å². The molecule has 1 aliphatic heterocycles. The number of amides is 2. The zero-order valence-electron chi connectivity index (χ0n) is 14.8. The molecule has 1 aliphatic rings. The Morgan fingerprint density at radius 1 is 1.19 bits per heavy atom. The van der Waals surface area contributed by atoms with Crippen molar-refractivity contribution in [2.45, 2.75) is 6.42 Å². The second-order valence-corrected chi connectivity index (χ2v) is 6.82. The molecule has 2 aromatic carbocycles. The van der Waals surface area contributed by atoms with Crippen LogP contribution in [-0.2, 0) is 9.59 Å². The molecule has 8 heteroatoms. The van der Waals surface area contributed by atoms with Crippen molar-refractivity contribution in [1.29, 1.82) is 0 Å². The van der Waals surface area contributed by atoms with Gasteiger partial charge in [-0.15, -0.1) is 0 Å². The fourth-order valence-corrected chi connectivity index (χ4v) is 3.31. The molecule has 1 N–H and O–H groups in total. The third kappa shape index (κ3) is 3.96. The predicted molar refractivity (Wildman–Crippen MR) is 105 cm³/mol.